The molecule has 0 radical (unpaired) electrons. The van der Waals surface area contributed by atoms with Gasteiger partial charge in [0.05, 0.1) is 6.61 Å². The number of carbonyl (C=O) groups excluding carboxylic acids is 3. The quantitative estimate of drug-likeness (QED) is 0.503. The van der Waals surface area contributed by atoms with Crippen molar-refractivity contribution in [1.82, 2.24) is 20.4 Å². The number of imide groups is 1. The Bertz CT molecular complexity index is 819. The van der Waals surface area contributed by atoms with Crippen molar-refractivity contribution in [1.29, 1.82) is 0 Å². The van der Waals surface area contributed by atoms with Gasteiger partial charge in [0.1, 0.15) is 6.04 Å². The van der Waals surface area contributed by atoms with Crippen LogP contribution in [0.1, 0.15) is 47.2 Å². The molecule has 2 saturated heterocycles. The molecule has 3 aliphatic heterocycles. The Morgan fingerprint density at radius 3 is 2.70 bits per heavy atom. The highest BCUT2D eigenvalue weighted by molar-refractivity contribution is 6.05. The Labute approximate surface area is 176 Å². The van der Waals surface area contributed by atoms with Crippen LogP contribution in [0.5, 0.6) is 0 Å². The second-order valence-corrected chi connectivity index (χ2v) is 8.39. The molecule has 1 atom stereocenters. The largest absolute Gasteiger partial charge is 0.383 e. The fourth-order valence-electron chi connectivity index (χ4n) is 4.64. The summed E-state index contributed by atoms with van der Waals surface area (Å²) in [4.78, 5) is 40.4. The summed E-state index contributed by atoms with van der Waals surface area (Å²) in [5.41, 5.74) is 2.83. The molecule has 0 aromatic heterocycles. The first-order chi connectivity index (χ1) is 14.5. The van der Waals surface area contributed by atoms with E-state index in [1.807, 2.05) is 12.1 Å². The van der Waals surface area contributed by atoms with Crippen molar-refractivity contribution in [3.63, 3.8) is 0 Å². The minimum absolute atomic E-state index is 0.117. The van der Waals surface area contributed by atoms with Gasteiger partial charge >= 0.3 is 0 Å². The molecule has 1 aromatic carbocycles. The number of nitrogens with zero attached hydrogens (tertiary/aromatic N) is 2. The first-order valence-corrected chi connectivity index (χ1v) is 10.8. The van der Waals surface area contributed by atoms with Crippen LogP contribution in [-0.4, -0.2) is 73.0 Å². The van der Waals surface area contributed by atoms with Gasteiger partial charge in [-0.3, -0.25) is 24.6 Å². The third kappa shape index (κ3) is 4.55. The summed E-state index contributed by atoms with van der Waals surface area (Å²) in [6.45, 7) is 5.02. The summed E-state index contributed by atoms with van der Waals surface area (Å²) < 4.78 is 5.10. The molecule has 4 rings (SSSR count). The van der Waals surface area contributed by atoms with E-state index in [2.05, 4.69) is 21.6 Å². The normalized spacial score (nSPS) is 23.0. The number of hydrogen-bond acceptors (Lipinski definition) is 6. The predicted octanol–water partition coefficient (Wildman–Crippen LogP) is 0.648. The van der Waals surface area contributed by atoms with E-state index in [0.29, 0.717) is 24.6 Å². The minimum atomic E-state index is -0.560. The molecule has 0 spiro atoms. The number of nitrogens with one attached hydrogen (secondary N) is 2. The van der Waals surface area contributed by atoms with E-state index in [-0.39, 0.29) is 24.1 Å². The standard InChI is InChI=1S/C22H30N4O4/c1-30-11-8-23-17-6-9-25(10-7-17)13-15-2-3-18-16(12-15)14-26(22(18)29)19-4-5-20(27)24-21(19)28/h2-3,12,17,19,23H,4-11,13-14H2,1H3,(H,24,27,28). The molecule has 0 aliphatic carbocycles. The molecule has 0 saturated carbocycles. The molecular weight excluding hydrogens is 384 g/mol. The van der Waals surface area contributed by atoms with Crippen molar-refractivity contribution in [3.8, 4) is 0 Å². The molecule has 30 heavy (non-hydrogen) atoms. The van der Waals surface area contributed by atoms with Crippen molar-refractivity contribution in [2.45, 2.75) is 50.9 Å². The Balaban J connectivity index is 1.33. The number of methoxy groups -OCH3 is 1. The van der Waals surface area contributed by atoms with E-state index in [9.17, 15) is 14.4 Å². The highest BCUT2D eigenvalue weighted by atomic mass is 16.5. The zero-order valence-corrected chi connectivity index (χ0v) is 17.5. The van der Waals surface area contributed by atoms with Gasteiger partial charge in [-0.2, -0.15) is 0 Å². The van der Waals surface area contributed by atoms with E-state index in [1.54, 1.807) is 12.0 Å². The maximum Gasteiger partial charge on any atom is 0.255 e. The van der Waals surface area contributed by atoms with Gasteiger partial charge in [0, 0.05) is 44.8 Å². The maximum absolute atomic E-state index is 12.8. The van der Waals surface area contributed by atoms with Crippen LogP contribution in [0.25, 0.3) is 0 Å². The van der Waals surface area contributed by atoms with Gasteiger partial charge in [0.15, 0.2) is 0 Å². The number of benzene rings is 1. The molecule has 3 aliphatic rings. The number of hydrogen-bond donors (Lipinski definition) is 2. The second-order valence-electron chi connectivity index (χ2n) is 8.39. The molecule has 162 valence electrons. The Kier molecular flexibility index (Phi) is 6.46. The molecular formula is C22H30N4O4. The SMILES string of the molecule is COCCNC1CCN(Cc2ccc3c(c2)CN(C2CCC(=O)NC2=O)C3=O)CC1. The van der Waals surface area contributed by atoms with Gasteiger partial charge in [-0.25, -0.2) is 0 Å². The maximum atomic E-state index is 12.8. The van der Waals surface area contributed by atoms with Crippen molar-refractivity contribution >= 4 is 17.7 Å². The molecule has 8 nitrogen and oxygen atoms in total. The van der Waals surface area contributed by atoms with Gasteiger partial charge in [-0.05, 0) is 49.5 Å². The van der Waals surface area contributed by atoms with E-state index >= 15 is 0 Å². The molecule has 8 heteroatoms. The summed E-state index contributed by atoms with van der Waals surface area (Å²) >= 11 is 0. The van der Waals surface area contributed by atoms with Gasteiger partial charge in [-0.1, -0.05) is 12.1 Å². The molecule has 3 heterocycles. The van der Waals surface area contributed by atoms with Crippen LogP contribution < -0.4 is 10.6 Å². The lowest BCUT2D eigenvalue weighted by Crippen LogP contribution is -2.52. The van der Waals surface area contributed by atoms with Crippen LogP contribution >= 0.6 is 0 Å². The van der Waals surface area contributed by atoms with Gasteiger partial charge in [-0.15, -0.1) is 0 Å². The fourth-order valence-corrected chi connectivity index (χ4v) is 4.64. The van der Waals surface area contributed by atoms with E-state index in [1.165, 1.54) is 5.56 Å². The number of piperidine rings is 2. The summed E-state index contributed by atoms with van der Waals surface area (Å²) in [6, 6.07) is 6.00. The van der Waals surface area contributed by atoms with Crippen molar-refractivity contribution in [2.75, 3.05) is 33.4 Å². The number of likely N-dealkylation sites (tertiary alicyclic amines) is 1. The molecule has 1 aromatic rings. The number of amides is 3. The predicted molar refractivity (Wildman–Crippen MR) is 111 cm³/mol. The lowest BCUT2D eigenvalue weighted by molar-refractivity contribution is -0.136. The smallest absolute Gasteiger partial charge is 0.255 e. The fraction of sp³-hybridized carbons (Fsp3) is 0.591. The van der Waals surface area contributed by atoms with E-state index < -0.39 is 6.04 Å². The number of ether oxygens (including phenoxy) is 1. The average molecular weight is 415 g/mol. The van der Waals surface area contributed by atoms with E-state index in [4.69, 9.17) is 4.74 Å². The first kappa shape index (κ1) is 21.0. The highest BCUT2D eigenvalue weighted by Crippen LogP contribution is 2.28. The highest BCUT2D eigenvalue weighted by Gasteiger charge is 2.39. The molecule has 0 bridgehead atoms. The topological polar surface area (TPSA) is 91.0 Å². The third-order valence-electron chi connectivity index (χ3n) is 6.32. The number of rotatable bonds is 7. The Morgan fingerprint density at radius 1 is 1.17 bits per heavy atom. The molecule has 1 unspecified atom stereocenters. The van der Waals surface area contributed by atoms with Crippen LogP contribution in [0.4, 0.5) is 0 Å². The average Bonchev–Trinajstić information content (AvgIpc) is 3.05. The Hall–Kier alpha value is -2.29. The summed E-state index contributed by atoms with van der Waals surface area (Å²) in [5.74, 6) is -0.746. The van der Waals surface area contributed by atoms with Gasteiger partial charge in [0.25, 0.3) is 5.91 Å². The minimum Gasteiger partial charge on any atom is -0.383 e. The zero-order chi connectivity index (χ0) is 21.1. The first-order valence-electron chi connectivity index (χ1n) is 10.8. The monoisotopic (exact) mass is 414 g/mol. The third-order valence-corrected chi connectivity index (χ3v) is 6.32. The van der Waals surface area contributed by atoms with Gasteiger partial charge in [0.2, 0.25) is 11.8 Å². The van der Waals surface area contributed by atoms with Crippen LogP contribution in [0, 0.1) is 0 Å². The van der Waals surface area contributed by atoms with E-state index in [0.717, 1.165) is 51.2 Å². The Morgan fingerprint density at radius 2 is 1.97 bits per heavy atom. The van der Waals surface area contributed by atoms with Crippen molar-refractivity contribution in [2.24, 2.45) is 0 Å². The lowest BCUT2D eigenvalue weighted by Gasteiger charge is -2.32. The molecule has 2 fully saturated rings. The van der Waals surface area contributed by atoms with Crippen LogP contribution in [0.15, 0.2) is 18.2 Å². The number of fused-ring (bicyclic) bond motifs is 1. The van der Waals surface area contributed by atoms with Crippen LogP contribution in [0.3, 0.4) is 0 Å². The van der Waals surface area contributed by atoms with Crippen LogP contribution in [0.2, 0.25) is 0 Å². The van der Waals surface area contributed by atoms with Crippen molar-refractivity contribution < 1.29 is 19.1 Å². The molecule has 3 amide bonds. The second kappa shape index (κ2) is 9.24. The van der Waals surface area contributed by atoms with Crippen LogP contribution in [-0.2, 0) is 27.4 Å². The van der Waals surface area contributed by atoms with Gasteiger partial charge < -0.3 is 15.0 Å². The summed E-state index contributed by atoms with van der Waals surface area (Å²) in [6.07, 6.45) is 2.91. The molecule has 2 N–H and O–H groups in total. The van der Waals surface area contributed by atoms with Crippen molar-refractivity contribution in [3.05, 3.63) is 34.9 Å². The number of carbonyl (C=O) groups is 3. The lowest BCUT2D eigenvalue weighted by atomic mass is 10.0. The zero-order valence-electron chi connectivity index (χ0n) is 17.5. The summed E-state index contributed by atoms with van der Waals surface area (Å²) in [7, 11) is 1.72. The summed E-state index contributed by atoms with van der Waals surface area (Å²) in [5, 5.41) is 5.89.